The van der Waals surface area contributed by atoms with Crippen LogP contribution in [-0.4, -0.2) is 17.4 Å². The van der Waals surface area contributed by atoms with E-state index in [-0.39, 0.29) is 5.75 Å². The van der Waals surface area contributed by atoms with Crippen LogP contribution in [0.5, 0.6) is 5.75 Å². The summed E-state index contributed by atoms with van der Waals surface area (Å²) in [6.45, 7) is 0.760. The van der Waals surface area contributed by atoms with Crippen LogP contribution in [0.1, 0.15) is 16.7 Å². The monoisotopic (exact) mass is 351 g/mol. The molecule has 3 aromatic carbocycles. The predicted octanol–water partition coefficient (Wildman–Crippen LogP) is 4.70. The summed E-state index contributed by atoms with van der Waals surface area (Å²) in [4.78, 5) is 4.72. The van der Waals surface area contributed by atoms with E-state index in [0.717, 1.165) is 45.0 Å². The van der Waals surface area contributed by atoms with Crippen molar-refractivity contribution in [2.24, 2.45) is 4.99 Å². The van der Waals surface area contributed by atoms with Crippen LogP contribution in [0.25, 0.3) is 10.8 Å². The molecule has 0 spiro atoms. The van der Waals surface area contributed by atoms with Crippen molar-refractivity contribution < 1.29 is 5.11 Å². The zero-order valence-electron chi connectivity index (χ0n) is 11.9. The number of phenolic OH excluding ortho intramolecular Hbond substituents is 1. The maximum absolute atomic E-state index is 10.5. The lowest BCUT2D eigenvalue weighted by Gasteiger charge is -2.19. The SMILES string of the molecule is Oc1ccc2ccc(Br)cc2c1C1=NCCc2ccccc21. The first-order chi connectivity index (χ1) is 10.7. The van der Waals surface area contributed by atoms with E-state index in [1.165, 1.54) is 5.56 Å². The molecule has 0 radical (unpaired) electrons. The minimum atomic E-state index is 0.279. The molecule has 0 aromatic heterocycles. The van der Waals surface area contributed by atoms with Gasteiger partial charge in [-0.05, 0) is 41.0 Å². The van der Waals surface area contributed by atoms with Crippen molar-refractivity contribution in [3.8, 4) is 5.75 Å². The third-order valence-corrected chi connectivity index (χ3v) is 4.62. The van der Waals surface area contributed by atoms with Crippen LogP contribution < -0.4 is 0 Å². The molecule has 0 amide bonds. The number of halogens is 1. The number of phenols is 1. The molecule has 22 heavy (non-hydrogen) atoms. The smallest absolute Gasteiger partial charge is 0.125 e. The highest BCUT2D eigenvalue weighted by molar-refractivity contribution is 9.10. The molecule has 0 fully saturated rings. The standard InChI is InChI=1S/C19H14BrNO/c20-14-7-5-13-6-8-17(22)18(16(13)11-14)19-15-4-2-1-3-12(15)9-10-21-19/h1-8,11,22H,9-10H2. The van der Waals surface area contributed by atoms with Crippen LogP contribution in [0, 0.1) is 0 Å². The van der Waals surface area contributed by atoms with Gasteiger partial charge in [0.25, 0.3) is 0 Å². The summed E-state index contributed by atoms with van der Waals surface area (Å²) in [7, 11) is 0. The third-order valence-electron chi connectivity index (χ3n) is 4.12. The Labute approximate surface area is 137 Å². The van der Waals surface area contributed by atoms with Gasteiger partial charge in [0, 0.05) is 22.1 Å². The van der Waals surface area contributed by atoms with Crippen molar-refractivity contribution in [3.05, 3.63) is 75.8 Å². The molecule has 0 unspecified atom stereocenters. The van der Waals surface area contributed by atoms with Crippen LogP contribution in [0.2, 0.25) is 0 Å². The molecule has 0 saturated heterocycles. The molecule has 0 bridgehead atoms. The Morgan fingerprint density at radius 2 is 1.82 bits per heavy atom. The van der Waals surface area contributed by atoms with E-state index in [9.17, 15) is 5.11 Å². The maximum Gasteiger partial charge on any atom is 0.125 e. The second kappa shape index (κ2) is 5.25. The number of nitrogens with zero attached hydrogens (tertiary/aromatic N) is 1. The lowest BCUT2D eigenvalue weighted by atomic mass is 9.90. The molecule has 0 aliphatic carbocycles. The van der Waals surface area contributed by atoms with Gasteiger partial charge in [-0.3, -0.25) is 4.99 Å². The molecular weight excluding hydrogens is 338 g/mol. The maximum atomic E-state index is 10.5. The average Bonchev–Trinajstić information content (AvgIpc) is 2.54. The number of benzene rings is 3. The van der Waals surface area contributed by atoms with Crippen LogP contribution in [0.15, 0.2) is 64.1 Å². The molecule has 2 nitrogen and oxygen atoms in total. The van der Waals surface area contributed by atoms with E-state index >= 15 is 0 Å². The van der Waals surface area contributed by atoms with Gasteiger partial charge in [0.2, 0.25) is 0 Å². The number of aromatic hydroxyl groups is 1. The predicted molar refractivity (Wildman–Crippen MR) is 94.0 cm³/mol. The molecule has 1 N–H and O–H groups in total. The summed E-state index contributed by atoms with van der Waals surface area (Å²) >= 11 is 3.53. The van der Waals surface area contributed by atoms with E-state index in [1.807, 2.05) is 24.3 Å². The van der Waals surface area contributed by atoms with E-state index in [1.54, 1.807) is 6.07 Å². The molecule has 3 heteroatoms. The van der Waals surface area contributed by atoms with Gasteiger partial charge in [0.05, 0.1) is 5.71 Å². The minimum Gasteiger partial charge on any atom is -0.507 e. The van der Waals surface area contributed by atoms with E-state index in [0.29, 0.717) is 0 Å². The van der Waals surface area contributed by atoms with Gasteiger partial charge < -0.3 is 5.11 Å². The van der Waals surface area contributed by atoms with Crippen molar-refractivity contribution in [2.45, 2.75) is 6.42 Å². The Balaban J connectivity index is 2.04. The molecule has 3 aromatic rings. The Morgan fingerprint density at radius 3 is 2.73 bits per heavy atom. The van der Waals surface area contributed by atoms with Crippen LogP contribution in [0.3, 0.4) is 0 Å². The van der Waals surface area contributed by atoms with Crippen LogP contribution >= 0.6 is 15.9 Å². The largest absolute Gasteiger partial charge is 0.507 e. The first-order valence-electron chi connectivity index (χ1n) is 7.28. The highest BCUT2D eigenvalue weighted by Gasteiger charge is 2.20. The number of hydrogen-bond donors (Lipinski definition) is 1. The third kappa shape index (κ3) is 2.13. The number of fused-ring (bicyclic) bond motifs is 2. The van der Waals surface area contributed by atoms with Gasteiger partial charge in [0.15, 0.2) is 0 Å². The van der Waals surface area contributed by atoms with E-state index in [4.69, 9.17) is 4.99 Å². The Kier molecular flexibility index (Phi) is 3.23. The molecule has 1 aliphatic rings. The summed E-state index contributed by atoms with van der Waals surface area (Å²) in [6.07, 6.45) is 0.953. The quantitative estimate of drug-likeness (QED) is 0.676. The van der Waals surface area contributed by atoms with Crippen molar-refractivity contribution in [1.29, 1.82) is 0 Å². The van der Waals surface area contributed by atoms with Gasteiger partial charge in [-0.1, -0.05) is 52.3 Å². The second-order valence-corrected chi connectivity index (χ2v) is 6.38. The Morgan fingerprint density at radius 1 is 1.00 bits per heavy atom. The molecule has 0 atom stereocenters. The minimum absolute atomic E-state index is 0.279. The molecule has 1 heterocycles. The highest BCUT2D eigenvalue weighted by Crippen LogP contribution is 2.33. The second-order valence-electron chi connectivity index (χ2n) is 5.46. The average molecular weight is 352 g/mol. The van der Waals surface area contributed by atoms with Crippen molar-refractivity contribution in [1.82, 2.24) is 0 Å². The lowest BCUT2D eigenvalue weighted by molar-refractivity contribution is 0.475. The summed E-state index contributed by atoms with van der Waals surface area (Å²) in [5, 5.41) is 12.6. The fourth-order valence-corrected chi connectivity index (χ4v) is 3.45. The first-order valence-corrected chi connectivity index (χ1v) is 8.08. The number of hydrogen-bond acceptors (Lipinski definition) is 2. The molecule has 1 aliphatic heterocycles. The number of rotatable bonds is 1. The topological polar surface area (TPSA) is 32.6 Å². The van der Waals surface area contributed by atoms with E-state index in [2.05, 4.69) is 40.2 Å². The Hall–Kier alpha value is -2.13. The normalized spacial score (nSPS) is 13.8. The summed E-state index contributed by atoms with van der Waals surface area (Å²) < 4.78 is 0.997. The van der Waals surface area contributed by atoms with Crippen molar-refractivity contribution in [2.75, 3.05) is 6.54 Å². The summed E-state index contributed by atoms with van der Waals surface area (Å²) in [5.41, 5.74) is 4.13. The molecule has 4 rings (SSSR count). The fraction of sp³-hybridized carbons (Fsp3) is 0.105. The van der Waals surface area contributed by atoms with Crippen LogP contribution in [0.4, 0.5) is 0 Å². The van der Waals surface area contributed by atoms with Gasteiger partial charge in [-0.25, -0.2) is 0 Å². The van der Waals surface area contributed by atoms with Crippen LogP contribution in [-0.2, 0) is 6.42 Å². The highest BCUT2D eigenvalue weighted by atomic mass is 79.9. The van der Waals surface area contributed by atoms with Gasteiger partial charge in [-0.2, -0.15) is 0 Å². The summed E-state index contributed by atoms with van der Waals surface area (Å²) in [6, 6.07) is 18.1. The molecular formula is C19H14BrNO. The number of aliphatic imine (C=N–C) groups is 1. The zero-order valence-corrected chi connectivity index (χ0v) is 13.5. The summed E-state index contributed by atoms with van der Waals surface area (Å²) in [5.74, 6) is 0.279. The van der Waals surface area contributed by atoms with Gasteiger partial charge in [-0.15, -0.1) is 0 Å². The first kappa shape index (κ1) is 13.5. The Bertz CT molecular complexity index is 909. The van der Waals surface area contributed by atoms with Gasteiger partial charge >= 0.3 is 0 Å². The van der Waals surface area contributed by atoms with Crippen molar-refractivity contribution >= 4 is 32.4 Å². The van der Waals surface area contributed by atoms with Gasteiger partial charge in [0.1, 0.15) is 5.75 Å². The zero-order chi connectivity index (χ0) is 15.1. The molecule has 108 valence electrons. The fourth-order valence-electron chi connectivity index (χ4n) is 3.09. The lowest BCUT2D eigenvalue weighted by Crippen LogP contribution is -2.14. The molecule has 0 saturated carbocycles. The van der Waals surface area contributed by atoms with E-state index < -0.39 is 0 Å². The van der Waals surface area contributed by atoms with Crippen molar-refractivity contribution in [3.63, 3.8) is 0 Å².